The molecular formula is C17H24N4O2. The summed E-state index contributed by atoms with van der Waals surface area (Å²) in [4.78, 5) is 36.4. The number of aromatic nitrogens is 2. The largest absolute Gasteiger partial charge is 0.341 e. The van der Waals surface area contributed by atoms with Crippen molar-refractivity contribution in [3.05, 3.63) is 27.4 Å². The van der Waals surface area contributed by atoms with Crippen LogP contribution in [-0.2, 0) is 11.2 Å². The quantitative estimate of drug-likeness (QED) is 0.870. The van der Waals surface area contributed by atoms with E-state index in [1.54, 1.807) is 0 Å². The molecule has 0 saturated carbocycles. The zero-order valence-corrected chi connectivity index (χ0v) is 13.7. The van der Waals surface area contributed by atoms with Gasteiger partial charge in [0.2, 0.25) is 5.91 Å². The van der Waals surface area contributed by atoms with E-state index in [0.29, 0.717) is 18.3 Å². The molecule has 0 aromatic carbocycles. The van der Waals surface area contributed by atoms with Crippen LogP contribution in [0.15, 0.2) is 4.79 Å². The van der Waals surface area contributed by atoms with Crippen LogP contribution in [0, 0.1) is 12.8 Å². The molecule has 1 aromatic heterocycles. The van der Waals surface area contributed by atoms with Crippen molar-refractivity contribution in [2.75, 3.05) is 32.7 Å². The number of H-pyrrole nitrogens is 1. The van der Waals surface area contributed by atoms with Gasteiger partial charge in [0.05, 0.1) is 12.2 Å². The molecule has 2 saturated heterocycles. The number of hydrogen-bond donors (Lipinski definition) is 1. The second-order valence-corrected chi connectivity index (χ2v) is 7.20. The van der Waals surface area contributed by atoms with Gasteiger partial charge < -0.3 is 9.88 Å². The molecule has 2 atom stereocenters. The van der Waals surface area contributed by atoms with Gasteiger partial charge in [0.15, 0.2) is 0 Å². The fourth-order valence-electron chi connectivity index (χ4n) is 4.42. The molecule has 1 amide bonds. The summed E-state index contributed by atoms with van der Waals surface area (Å²) < 4.78 is 0. The molecule has 1 aromatic rings. The Bertz CT molecular complexity index is 678. The van der Waals surface area contributed by atoms with Crippen LogP contribution >= 0.6 is 0 Å². The van der Waals surface area contributed by atoms with E-state index in [0.717, 1.165) is 50.3 Å². The van der Waals surface area contributed by atoms with Crippen LogP contribution in [0.1, 0.15) is 42.3 Å². The van der Waals surface area contributed by atoms with Gasteiger partial charge >= 0.3 is 0 Å². The molecule has 0 bridgehead atoms. The zero-order chi connectivity index (χ0) is 16.0. The highest BCUT2D eigenvalue weighted by atomic mass is 16.2. The Balaban J connectivity index is 1.52. The van der Waals surface area contributed by atoms with Gasteiger partial charge in [0, 0.05) is 24.6 Å². The number of amides is 1. The summed E-state index contributed by atoms with van der Waals surface area (Å²) in [7, 11) is 0. The van der Waals surface area contributed by atoms with Crippen molar-refractivity contribution < 1.29 is 4.79 Å². The predicted octanol–water partition coefficient (Wildman–Crippen LogP) is 0.662. The first-order chi connectivity index (χ1) is 11.1. The van der Waals surface area contributed by atoms with E-state index in [1.807, 2.05) is 11.8 Å². The highest BCUT2D eigenvalue weighted by molar-refractivity contribution is 5.78. The molecule has 4 rings (SSSR count). The van der Waals surface area contributed by atoms with Crippen LogP contribution in [0.4, 0.5) is 0 Å². The Kier molecular flexibility index (Phi) is 3.71. The van der Waals surface area contributed by atoms with Crippen LogP contribution < -0.4 is 5.56 Å². The van der Waals surface area contributed by atoms with E-state index in [2.05, 4.69) is 14.9 Å². The Labute approximate surface area is 135 Å². The lowest BCUT2D eigenvalue weighted by Gasteiger charge is -2.25. The molecule has 6 nitrogen and oxygen atoms in total. The van der Waals surface area contributed by atoms with Gasteiger partial charge in [0.1, 0.15) is 5.82 Å². The normalized spacial score (nSPS) is 27.1. The van der Waals surface area contributed by atoms with Crippen molar-refractivity contribution in [3.8, 4) is 0 Å². The van der Waals surface area contributed by atoms with Crippen molar-refractivity contribution >= 4 is 5.91 Å². The maximum absolute atomic E-state index is 12.6. The van der Waals surface area contributed by atoms with E-state index >= 15 is 0 Å². The highest BCUT2D eigenvalue weighted by Crippen LogP contribution is 2.39. The summed E-state index contributed by atoms with van der Waals surface area (Å²) in [5.41, 5.74) is 1.79. The lowest BCUT2D eigenvalue weighted by molar-refractivity contribution is -0.131. The van der Waals surface area contributed by atoms with E-state index in [9.17, 15) is 9.59 Å². The first-order valence-electron chi connectivity index (χ1n) is 8.71. The number of nitrogens with one attached hydrogen (secondary N) is 1. The predicted molar refractivity (Wildman–Crippen MR) is 86.4 cm³/mol. The van der Waals surface area contributed by atoms with Crippen molar-refractivity contribution in [2.24, 2.45) is 5.92 Å². The third-order valence-electron chi connectivity index (χ3n) is 5.63. The number of likely N-dealkylation sites (tertiary alicyclic amines) is 2. The summed E-state index contributed by atoms with van der Waals surface area (Å²) in [5, 5.41) is 0. The second-order valence-electron chi connectivity index (χ2n) is 7.20. The van der Waals surface area contributed by atoms with Crippen LogP contribution in [0.3, 0.4) is 0 Å². The van der Waals surface area contributed by atoms with Crippen molar-refractivity contribution in [1.29, 1.82) is 0 Å². The van der Waals surface area contributed by atoms with Gasteiger partial charge in [0.25, 0.3) is 5.56 Å². The zero-order valence-electron chi connectivity index (χ0n) is 13.7. The SMILES string of the molecule is Cc1nc2c(c(=O)[nH]1)CC[C@@H]1CN(C(=O)CN3CCCC3)C[C@H]21. The average Bonchev–Trinajstić information content (AvgIpc) is 3.15. The Morgan fingerprint density at radius 3 is 2.87 bits per heavy atom. The Hall–Kier alpha value is -1.69. The third-order valence-corrected chi connectivity index (χ3v) is 5.63. The molecule has 1 N–H and O–H groups in total. The summed E-state index contributed by atoms with van der Waals surface area (Å²) in [5.74, 6) is 1.61. The number of rotatable bonds is 2. The van der Waals surface area contributed by atoms with E-state index < -0.39 is 0 Å². The smallest absolute Gasteiger partial charge is 0.254 e. The van der Waals surface area contributed by atoms with E-state index in [4.69, 9.17) is 0 Å². The number of aromatic amines is 1. The fraction of sp³-hybridized carbons (Fsp3) is 0.706. The first kappa shape index (κ1) is 14.9. The molecule has 2 fully saturated rings. The van der Waals surface area contributed by atoms with Crippen LogP contribution in [-0.4, -0.2) is 58.4 Å². The number of aryl methyl sites for hydroxylation is 1. The van der Waals surface area contributed by atoms with Crippen molar-refractivity contribution in [2.45, 2.75) is 38.5 Å². The van der Waals surface area contributed by atoms with E-state index in [1.165, 1.54) is 12.8 Å². The maximum atomic E-state index is 12.6. The number of fused-ring (bicyclic) bond motifs is 3. The lowest BCUT2D eigenvalue weighted by Crippen LogP contribution is -2.38. The Morgan fingerprint density at radius 2 is 2.09 bits per heavy atom. The average molecular weight is 316 g/mol. The summed E-state index contributed by atoms with van der Waals surface area (Å²) in [6.07, 6.45) is 4.18. The number of carbonyl (C=O) groups excluding carboxylic acids is 1. The van der Waals surface area contributed by atoms with Crippen molar-refractivity contribution in [3.63, 3.8) is 0 Å². The minimum Gasteiger partial charge on any atom is -0.341 e. The van der Waals surface area contributed by atoms with Crippen LogP contribution in [0.2, 0.25) is 0 Å². The molecule has 3 heterocycles. The molecule has 0 radical (unpaired) electrons. The lowest BCUT2D eigenvalue weighted by atomic mass is 9.80. The highest BCUT2D eigenvalue weighted by Gasteiger charge is 2.41. The second kappa shape index (κ2) is 5.74. The third kappa shape index (κ3) is 2.69. The molecule has 2 aliphatic heterocycles. The van der Waals surface area contributed by atoms with E-state index in [-0.39, 0.29) is 17.4 Å². The molecule has 124 valence electrons. The van der Waals surface area contributed by atoms with Crippen LogP contribution in [0.5, 0.6) is 0 Å². The molecule has 1 aliphatic carbocycles. The van der Waals surface area contributed by atoms with Gasteiger partial charge in [-0.05, 0) is 51.6 Å². The topological polar surface area (TPSA) is 69.3 Å². The molecule has 0 spiro atoms. The minimum atomic E-state index is 0.00722. The monoisotopic (exact) mass is 316 g/mol. The maximum Gasteiger partial charge on any atom is 0.254 e. The molecule has 3 aliphatic rings. The minimum absolute atomic E-state index is 0.00722. The summed E-state index contributed by atoms with van der Waals surface area (Å²) in [6, 6.07) is 0. The molecular weight excluding hydrogens is 292 g/mol. The number of carbonyl (C=O) groups is 1. The van der Waals surface area contributed by atoms with Gasteiger partial charge in [-0.1, -0.05) is 0 Å². The van der Waals surface area contributed by atoms with Gasteiger partial charge in [-0.2, -0.15) is 0 Å². The number of nitrogens with zero attached hydrogens (tertiary/aromatic N) is 3. The van der Waals surface area contributed by atoms with Crippen molar-refractivity contribution in [1.82, 2.24) is 19.8 Å². The van der Waals surface area contributed by atoms with Gasteiger partial charge in [-0.3, -0.25) is 14.5 Å². The Morgan fingerprint density at radius 1 is 1.30 bits per heavy atom. The molecule has 6 heteroatoms. The van der Waals surface area contributed by atoms with Gasteiger partial charge in [-0.25, -0.2) is 4.98 Å². The summed E-state index contributed by atoms with van der Waals surface area (Å²) >= 11 is 0. The standard InChI is InChI=1S/C17H24N4O2/c1-11-18-16-13(17(23)19-11)5-4-12-8-21(9-14(12)16)15(22)10-20-6-2-3-7-20/h12,14H,2-10H2,1H3,(H,18,19,23)/t12-,14+/m1/s1. The number of hydrogen-bond acceptors (Lipinski definition) is 4. The fourth-order valence-corrected chi connectivity index (χ4v) is 4.42. The van der Waals surface area contributed by atoms with Gasteiger partial charge in [-0.15, -0.1) is 0 Å². The van der Waals surface area contributed by atoms with Crippen LogP contribution in [0.25, 0.3) is 0 Å². The molecule has 23 heavy (non-hydrogen) atoms. The molecule has 0 unspecified atom stereocenters. The summed E-state index contributed by atoms with van der Waals surface area (Å²) in [6.45, 7) is 6.02. The first-order valence-corrected chi connectivity index (χ1v) is 8.71.